The van der Waals surface area contributed by atoms with Crippen molar-refractivity contribution in [2.24, 2.45) is 0 Å². The molecule has 2 heterocycles. The molecule has 0 aromatic carbocycles. The van der Waals surface area contributed by atoms with Crippen molar-refractivity contribution in [2.75, 3.05) is 7.11 Å². The van der Waals surface area contributed by atoms with Gasteiger partial charge < -0.3 is 4.74 Å². The fourth-order valence-electron chi connectivity index (χ4n) is 2.00. The summed E-state index contributed by atoms with van der Waals surface area (Å²) in [5, 5.41) is 0.955. The molecule has 0 saturated carbocycles. The molecule has 0 amide bonds. The van der Waals surface area contributed by atoms with E-state index in [2.05, 4.69) is 16.9 Å². The highest BCUT2D eigenvalue weighted by atomic mass is 16.5. The Hall–Kier alpha value is -1.97. The Labute approximate surface area is 106 Å². The number of hydrogen-bond donors (Lipinski definition) is 0. The van der Waals surface area contributed by atoms with Crippen LogP contribution >= 0.6 is 0 Å². The number of carbonyl (C=O) groups excluding carboxylic acids is 1. The van der Waals surface area contributed by atoms with Gasteiger partial charge in [0.15, 0.2) is 5.69 Å². The van der Waals surface area contributed by atoms with Gasteiger partial charge in [-0.2, -0.15) is 0 Å². The number of fused-ring (bicyclic) bond motifs is 1. The molecule has 0 aliphatic carbocycles. The zero-order chi connectivity index (χ0) is 13.1. The SMILES string of the molecule is CCCc1c(C(=O)OC)ncc2ccc(C)nc12. The smallest absolute Gasteiger partial charge is 0.357 e. The van der Waals surface area contributed by atoms with Crippen LogP contribution in [0.5, 0.6) is 0 Å². The van der Waals surface area contributed by atoms with Crippen molar-refractivity contribution in [3.05, 3.63) is 35.3 Å². The standard InChI is InChI=1S/C14H16N2O2/c1-4-5-11-12-10(7-6-9(2)16-12)8-15-13(11)14(17)18-3/h6-8H,4-5H2,1-3H3. The van der Waals surface area contributed by atoms with Crippen LogP contribution in [0.2, 0.25) is 0 Å². The molecule has 0 fully saturated rings. The number of nitrogens with zero attached hydrogens (tertiary/aromatic N) is 2. The lowest BCUT2D eigenvalue weighted by Crippen LogP contribution is -2.10. The van der Waals surface area contributed by atoms with Crippen LogP contribution in [0, 0.1) is 6.92 Å². The molecule has 0 atom stereocenters. The summed E-state index contributed by atoms with van der Waals surface area (Å²) in [5.41, 5.74) is 3.05. The van der Waals surface area contributed by atoms with E-state index < -0.39 is 5.97 Å². The van der Waals surface area contributed by atoms with E-state index in [1.165, 1.54) is 7.11 Å². The molecule has 0 spiro atoms. The fraction of sp³-hybridized carbons (Fsp3) is 0.357. The van der Waals surface area contributed by atoms with Gasteiger partial charge in [-0.25, -0.2) is 9.78 Å². The van der Waals surface area contributed by atoms with E-state index in [0.717, 1.165) is 35.0 Å². The van der Waals surface area contributed by atoms with Gasteiger partial charge in [0.2, 0.25) is 0 Å². The molecule has 0 radical (unpaired) electrons. The highest BCUT2D eigenvalue weighted by Crippen LogP contribution is 2.21. The Balaban J connectivity index is 2.72. The lowest BCUT2D eigenvalue weighted by atomic mass is 10.0. The van der Waals surface area contributed by atoms with E-state index >= 15 is 0 Å². The minimum absolute atomic E-state index is 0.380. The average Bonchev–Trinajstić information content (AvgIpc) is 2.38. The summed E-state index contributed by atoms with van der Waals surface area (Å²) in [7, 11) is 1.37. The lowest BCUT2D eigenvalue weighted by molar-refractivity contribution is 0.0593. The predicted octanol–water partition coefficient (Wildman–Crippen LogP) is 2.68. The second-order valence-corrected chi connectivity index (χ2v) is 4.22. The molecule has 0 N–H and O–H groups in total. The van der Waals surface area contributed by atoms with Crippen LogP contribution in [-0.4, -0.2) is 23.0 Å². The van der Waals surface area contributed by atoms with Gasteiger partial charge in [0, 0.05) is 22.8 Å². The summed E-state index contributed by atoms with van der Waals surface area (Å²) in [6.07, 6.45) is 3.37. The summed E-state index contributed by atoms with van der Waals surface area (Å²) in [5.74, 6) is -0.399. The van der Waals surface area contributed by atoms with Gasteiger partial charge in [-0.3, -0.25) is 4.98 Å². The van der Waals surface area contributed by atoms with Crippen molar-refractivity contribution in [3.63, 3.8) is 0 Å². The summed E-state index contributed by atoms with van der Waals surface area (Å²) in [6, 6.07) is 3.92. The molecule has 0 aliphatic heterocycles. The fourth-order valence-corrected chi connectivity index (χ4v) is 2.00. The number of hydrogen-bond acceptors (Lipinski definition) is 4. The monoisotopic (exact) mass is 244 g/mol. The Morgan fingerprint density at radius 2 is 2.17 bits per heavy atom. The number of esters is 1. The van der Waals surface area contributed by atoms with Crippen LogP contribution in [0.4, 0.5) is 0 Å². The molecule has 0 aliphatic rings. The van der Waals surface area contributed by atoms with Gasteiger partial charge in [-0.05, 0) is 25.5 Å². The summed E-state index contributed by atoms with van der Waals surface area (Å²) in [4.78, 5) is 20.5. The van der Waals surface area contributed by atoms with E-state index in [1.807, 2.05) is 19.1 Å². The third kappa shape index (κ3) is 2.18. The molecule has 4 nitrogen and oxygen atoms in total. The van der Waals surface area contributed by atoms with Crippen LogP contribution < -0.4 is 0 Å². The minimum atomic E-state index is -0.399. The van der Waals surface area contributed by atoms with Gasteiger partial charge in [-0.1, -0.05) is 13.3 Å². The van der Waals surface area contributed by atoms with E-state index in [4.69, 9.17) is 4.74 Å². The maximum atomic E-state index is 11.7. The van der Waals surface area contributed by atoms with Crippen LogP contribution in [0.15, 0.2) is 18.3 Å². The van der Waals surface area contributed by atoms with E-state index in [1.54, 1.807) is 6.20 Å². The number of pyridine rings is 2. The van der Waals surface area contributed by atoms with E-state index in [9.17, 15) is 4.79 Å². The van der Waals surface area contributed by atoms with Crippen molar-refractivity contribution in [2.45, 2.75) is 26.7 Å². The Kier molecular flexibility index (Phi) is 3.55. The van der Waals surface area contributed by atoms with Crippen molar-refractivity contribution in [1.29, 1.82) is 0 Å². The normalized spacial score (nSPS) is 10.6. The Bertz CT molecular complexity index is 594. The highest BCUT2D eigenvalue weighted by molar-refractivity contribution is 5.95. The summed E-state index contributed by atoms with van der Waals surface area (Å²) in [6.45, 7) is 4.00. The predicted molar refractivity (Wildman–Crippen MR) is 69.6 cm³/mol. The minimum Gasteiger partial charge on any atom is -0.464 e. The first-order valence-corrected chi connectivity index (χ1v) is 6.01. The van der Waals surface area contributed by atoms with Gasteiger partial charge in [0.25, 0.3) is 0 Å². The zero-order valence-electron chi connectivity index (χ0n) is 10.9. The number of carbonyl (C=O) groups is 1. The average molecular weight is 244 g/mol. The quantitative estimate of drug-likeness (QED) is 0.779. The van der Waals surface area contributed by atoms with Crippen LogP contribution in [0.3, 0.4) is 0 Å². The first-order chi connectivity index (χ1) is 8.67. The van der Waals surface area contributed by atoms with Crippen molar-refractivity contribution in [3.8, 4) is 0 Å². The van der Waals surface area contributed by atoms with Crippen LogP contribution in [0.1, 0.15) is 35.1 Å². The van der Waals surface area contributed by atoms with Crippen LogP contribution in [-0.2, 0) is 11.2 Å². The second-order valence-electron chi connectivity index (χ2n) is 4.22. The molecular weight excluding hydrogens is 228 g/mol. The maximum absolute atomic E-state index is 11.7. The number of aromatic nitrogens is 2. The van der Waals surface area contributed by atoms with Gasteiger partial charge in [0.1, 0.15) is 0 Å². The zero-order valence-corrected chi connectivity index (χ0v) is 10.9. The van der Waals surface area contributed by atoms with Gasteiger partial charge in [-0.15, -0.1) is 0 Å². The number of methoxy groups -OCH3 is 1. The first kappa shape index (κ1) is 12.5. The largest absolute Gasteiger partial charge is 0.464 e. The van der Waals surface area contributed by atoms with Gasteiger partial charge in [0.05, 0.1) is 12.6 Å². The Morgan fingerprint density at radius 3 is 2.83 bits per heavy atom. The topological polar surface area (TPSA) is 52.1 Å². The molecule has 18 heavy (non-hydrogen) atoms. The lowest BCUT2D eigenvalue weighted by Gasteiger charge is -2.09. The van der Waals surface area contributed by atoms with E-state index in [-0.39, 0.29) is 0 Å². The van der Waals surface area contributed by atoms with Gasteiger partial charge >= 0.3 is 5.97 Å². The number of ether oxygens (including phenoxy) is 1. The molecule has 0 unspecified atom stereocenters. The van der Waals surface area contributed by atoms with Crippen molar-refractivity contribution < 1.29 is 9.53 Å². The molecule has 0 saturated heterocycles. The highest BCUT2D eigenvalue weighted by Gasteiger charge is 2.16. The summed E-state index contributed by atoms with van der Waals surface area (Å²) < 4.78 is 4.77. The van der Waals surface area contributed by atoms with Crippen molar-refractivity contribution >= 4 is 16.9 Å². The second kappa shape index (κ2) is 5.12. The van der Waals surface area contributed by atoms with E-state index in [0.29, 0.717) is 5.69 Å². The molecule has 2 aromatic rings. The molecule has 0 bridgehead atoms. The first-order valence-electron chi connectivity index (χ1n) is 6.01. The number of rotatable bonds is 3. The number of aryl methyl sites for hydroxylation is 2. The molecule has 4 heteroatoms. The molecule has 94 valence electrons. The molecular formula is C14H16N2O2. The Morgan fingerprint density at radius 1 is 1.39 bits per heavy atom. The molecule has 2 rings (SSSR count). The van der Waals surface area contributed by atoms with Crippen LogP contribution in [0.25, 0.3) is 10.9 Å². The summed E-state index contributed by atoms with van der Waals surface area (Å²) >= 11 is 0. The molecule has 2 aromatic heterocycles. The third-order valence-electron chi connectivity index (χ3n) is 2.85. The van der Waals surface area contributed by atoms with Crippen molar-refractivity contribution in [1.82, 2.24) is 9.97 Å². The third-order valence-corrected chi connectivity index (χ3v) is 2.85. The maximum Gasteiger partial charge on any atom is 0.357 e.